The smallest absolute Gasteiger partial charge is 0.347 e. The van der Waals surface area contributed by atoms with Crippen LogP contribution in [0, 0.1) is 36.5 Å². The standard InChI is InChI=1S/C61H79N5O19P2/c1-12-80-57-37(9)53(73)47-46-48(57)60(76)82-27-21-41(79-11)34(6)56(83-38(10)67)36(8)52(72)35(7)55(85-45(71)20-15-26-81-44(70)19-14-18-43(69)62-61(86-77)87-78)32(4)16-13-17-33(5)59(75)64-51(54(47)74)58-50(46)63-49-40(68)28-39(29-42(49)84-58)66-24-22-65(23-25-66)30-31(2)3/h13,16-17,21,27-29,31-32,34-36,41,52,55-56,61,68,72,74H,12,14-15,18-20,22-26,30H2,1-11H3,(H,62,69)(H,64,75)/b16-13+,27-21+,33-17-/t32-,34+,35-,36+,41-,52+,55-,56+/m0/s1. The normalized spacial score (nSPS) is 23.7. The van der Waals surface area contributed by atoms with E-state index < -0.39 is 128 Å². The number of amides is 2. The van der Waals surface area contributed by atoms with Gasteiger partial charge in [0.05, 0.1) is 37.1 Å². The lowest BCUT2D eigenvalue weighted by atomic mass is 9.78. The molecule has 0 radical (unpaired) electrons. The van der Waals surface area contributed by atoms with Crippen molar-refractivity contribution in [3.8, 4) is 17.2 Å². The summed E-state index contributed by atoms with van der Waals surface area (Å²) in [5, 5.41) is 40.7. The van der Waals surface area contributed by atoms with E-state index in [0.717, 1.165) is 25.9 Å². The Kier molecular flexibility index (Phi) is 24.9. The highest BCUT2D eigenvalue weighted by atomic mass is 31.1. The summed E-state index contributed by atoms with van der Waals surface area (Å²) in [7, 11) is 0.310. The summed E-state index contributed by atoms with van der Waals surface area (Å²) in [6.07, 6.45) is 2.20. The van der Waals surface area contributed by atoms with Crippen LogP contribution in [0.1, 0.15) is 110 Å². The van der Waals surface area contributed by atoms with Crippen molar-refractivity contribution in [2.45, 2.75) is 131 Å². The van der Waals surface area contributed by atoms with Gasteiger partial charge < -0.3 is 63.7 Å². The predicted molar refractivity (Wildman–Crippen MR) is 324 cm³/mol. The van der Waals surface area contributed by atoms with E-state index in [1.165, 1.54) is 46.1 Å². The number of carbonyl (C=O) groups excluding carboxylic acids is 6. The van der Waals surface area contributed by atoms with Crippen LogP contribution in [0.25, 0.3) is 33.0 Å². The number of cyclic esters (lactones) is 1. The Balaban J connectivity index is 1.43. The molecule has 2 aliphatic heterocycles. The molecule has 24 nitrogen and oxygen atoms in total. The number of hydrogen-bond acceptors (Lipinski definition) is 22. The number of methoxy groups -OCH3 is 1. The maximum absolute atomic E-state index is 14.8. The summed E-state index contributed by atoms with van der Waals surface area (Å²) in [5.74, 6) is -8.53. The van der Waals surface area contributed by atoms with E-state index in [-0.39, 0.29) is 101 Å². The van der Waals surface area contributed by atoms with E-state index in [1.807, 2.05) is 0 Å². The lowest BCUT2D eigenvalue weighted by molar-refractivity contribution is -0.166. The first-order chi connectivity index (χ1) is 41.3. The van der Waals surface area contributed by atoms with Crippen molar-refractivity contribution in [2.24, 2.45) is 29.6 Å². The number of allylic oxidation sites excluding steroid dienone is 2. The number of aliphatic hydroxyl groups excluding tert-OH is 1. The Morgan fingerprint density at radius 1 is 0.874 bits per heavy atom. The molecule has 6 rings (SSSR count). The van der Waals surface area contributed by atoms with Gasteiger partial charge in [0.2, 0.25) is 5.91 Å². The fourth-order valence-corrected chi connectivity index (χ4v) is 11.5. The molecule has 26 heteroatoms. The number of rotatable bonds is 19. The molecule has 1 aromatic heterocycles. The molecule has 4 aromatic rings. The Hall–Kier alpha value is -7.36. The van der Waals surface area contributed by atoms with Gasteiger partial charge in [0.15, 0.2) is 44.8 Å². The number of carbonyl (C=O) groups is 6. The fourth-order valence-electron chi connectivity index (χ4n) is 11.0. The Morgan fingerprint density at radius 2 is 1.55 bits per heavy atom. The zero-order valence-corrected chi connectivity index (χ0v) is 52.7. The van der Waals surface area contributed by atoms with Crippen molar-refractivity contribution in [3.63, 3.8) is 0 Å². The fraction of sp³-hybridized carbons (Fsp3) is 0.541. The van der Waals surface area contributed by atoms with Crippen LogP contribution < -0.4 is 25.7 Å². The van der Waals surface area contributed by atoms with Gasteiger partial charge in [0.1, 0.15) is 46.0 Å². The second kappa shape index (κ2) is 31.5. The highest BCUT2D eigenvalue weighted by molar-refractivity contribution is 7.44. The summed E-state index contributed by atoms with van der Waals surface area (Å²) < 4.78 is 63.5. The minimum absolute atomic E-state index is 0.0325. The van der Waals surface area contributed by atoms with Crippen LogP contribution in [-0.4, -0.2) is 144 Å². The van der Waals surface area contributed by atoms with Gasteiger partial charge in [-0.2, -0.15) is 0 Å². The van der Waals surface area contributed by atoms with Crippen LogP contribution in [0.2, 0.25) is 0 Å². The van der Waals surface area contributed by atoms with Gasteiger partial charge in [0.25, 0.3) is 5.91 Å². The van der Waals surface area contributed by atoms with Crippen molar-refractivity contribution in [1.82, 2.24) is 15.2 Å². The van der Waals surface area contributed by atoms with E-state index in [4.69, 9.17) is 37.8 Å². The quantitative estimate of drug-likeness (QED) is 0.0111. The Morgan fingerprint density at radius 3 is 2.20 bits per heavy atom. The molecule has 3 aromatic carbocycles. The number of anilines is 2. The summed E-state index contributed by atoms with van der Waals surface area (Å²) in [5.41, 5.74) is -2.64. The number of fused-ring (bicyclic) bond motifs is 1. The first-order valence-corrected chi connectivity index (χ1v) is 30.8. The van der Waals surface area contributed by atoms with E-state index in [1.54, 1.807) is 52.8 Å². The molecule has 0 unspecified atom stereocenters. The molecule has 87 heavy (non-hydrogen) atoms. The topological polar surface area (TPSA) is 326 Å². The number of aromatic nitrogens is 1. The van der Waals surface area contributed by atoms with Crippen molar-refractivity contribution in [2.75, 3.05) is 63.3 Å². The number of aliphatic hydroxyl groups is 1. The summed E-state index contributed by atoms with van der Waals surface area (Å²) in [6, 6.07) is 3.21. The van der Waals surface area contributed by atoms with Gasteiger partial charge in [-0.3, -0.25) is 42.8 Å². The second-order valence-corrected chi connectivity index (χ2v) is 24.2. The summed E-state index contributed by atoms with van der Waals surface area (Å²) >= 11 is 0. The average Bonchev–Trinajstić information content (AvgIpc) is 0.728. The number of ether oxygens (including phenoxy) is 6. The third kappa shape index (κ3) is 17.0. The molecule has 0 spiro atoms. The molecular formula is C61H79N5O19P2. The van der Waals surface area contributed by atoms with E-state index in [2.05, 4.69) is 34.3 Å². The summed E-state index contributed by atoms with van der Waals surface area (Å²) in [6.45, 7) is 20.2. The van der Waals surface area contributed by atoms with E-state index in [0.29, 0.717) is 24.7 Å². The highest BCUT2D eigenvalue weighted by Gasteiger charge is 2.41. The van der Waals surface area contributed by atoms with Crippen molar-refractivity contribution in [3.05, 3.63) is 69.6 Å². The van der Waals surface area contributed by atoms with Crippen molar-refractivity contribution in [1.29, 1.82) is 0 Å². The lowest BCUT2D eigenvalue weighted by Crippen LogP contribution is -2.47. The van der Waals surface area contributed by atoms with Crippen molar-refractivity contribution >= 4 is 97.0 Å². The third-order valence-corrected chi connectivity index (χ3v) is 16.7. The summed E-state index contributed by atoms with van der Waals surface area (Å²) in [4.78, 5) is 104. The van der Waals surface area contributed by atoms with Crippen LogP contribution in [-0.2, 0) is 56.8 Å². The van der Waals surface area contributed by atoms with Gasteiger partial charge >= 0.3 is 23.9 Å². The molecular weight excluding hydrogens is 1170 g/mol. The molecule has 2 bridgehead atoms. The Labute approximate surface area is 507 Å². The monoisotopic (exact) mass is 1250 g/mol. The van der Waals surface area contributed by atoms with E-state index in [9.17, 15) is 58.0 Å². The van der Waals surface area contributed by atoms with Crippen LogP contribution in [0.3, 0.4) is 0 Å². The molecule has 1 fully saturated rings. The molecule has 5 N–H and O–H groups in total. The van der Waals surface area contributed by atoms with Crippen LogP contribution >= 0.6 is 16.9 Å². The molecule has 2 amide bonds. The zero-order chi connectivity index (χ0) is 64.0. The SMILES string of the molecule is CCOc1c(C)c(=O)c2c(O)c3c4oc5cc(N6CCN(CC(C)C)CC6)cc(O)c5nc4c2c1C(=O)O/C=C/[C@H](OC)[C@@H](C)[C@@H](OC(C)=O)[C@H](C)[C@H](O)[C@H](C)[C@@H](OC(=O)CCCOC(=O)CCCC(=O)NC(P=O)P=O)[C@@H](C)/C=C/C=C(/C)C(=O)N3. The van der Waals surface area contributed by atoms with Gasteiger partial charge in [-0.15, -0.1) is 0 Å². The Bertz CT molecular complexity index is 3370. The average molecular weight is 1250 g/mol. The lowest BCUT2D eigenvalue weighted by Gasteiger charge is -2.39. The molecule has 2 aliphatic rings. The number of nitrogens with zero attached hydrogens (tertiary/aromatic N) is 3. The number of piperazine rings is 1. The van der Waals surface area contributed by atoms with Crippen LogP contribution in [0.15, 0.2) is 57.5 Å². The number of hydrogen-bond donors (Lipinski definition) is 5. The van der Waals surface area contributed by atoms with Gasteiger partial charge in [-0.25, -0.2) is 9.78 Å². The maximum Gasteiger partial charge on any atom is 0.347 e. The number of phenols is 2. The minimum atomic E-state index is -1.34. The molecule has 0 aliphatic carbocycles. The zero-order valence-electron chi connectivity index (χ0n) is 50.9. The largest absolute Gasteiger partial charge is 0.505 e. The highest BCUT2D eigenvalue weighted by Crippen LogP contribution is 2.46. The molecule has 1 saturated heterocycles. The van der Waals surface area contributed by atoms with Gasteiger partial charge in [0, 0.05) is 124 Å². The first-order valence-electron chi connectivity index (χ1n) is 29.0. The van der Waals surface area contributed by atoms with Crippen LogP contribution in [0.5, 0.6) is 17.2 Å². The molecule has 472 valence electrons. The second-order valence-electron chi connectivity index (χ2n) is 22.4. The van der Waals surface area contributed by atoms with Crippen molar-refractivity contribution < 1.29 is 86.1 Å². The number of phenolic OH excluding ortho intramolecular Hbond substituents is 2. The first kappa shape index (κ1) is 68.7. The molecule has 8 atom stereocenters. The predicted octanol–water partition coefficient (Wildman–Crippen LogP) is 8.76. The van der Waals surface area contributed by atoms with Gasteiger partial charge in [-0.05, 0) is 45.6 Å². The number of benzene rings is 3. The van der Waals surface area contributed by atoms with E-state index >= 15 is 0 Å². The van der Waals surface area contributed by atoms with Gasteiger partial charge in [-0.1, -0.05) is 59.8 Å². The maximum atomic E-state index is 14.8. The number of nitrogens with one attached hydrogen (secondary N) is 2. The van der Waals surface area contributed by atoms with Crippen LogP contribution in [0.4, 0.5) is 11.4 Å². The molecule has 0 saturated carbocycles. The number of esters is 4. The molecule has 3 heterocycles. The minimum Gasteiger partial charge on any atom is -0.505 e. The third-order valence-electron chi connectivity index (χ3n) is 15.5. The number of aromatic hydroxyl groups is 2.